The van der Waals surface area contributed by atoms with Gasteiger partial charge in [0, 0.05) is 25.6 Å². The molecule has 0 bridgehead atoms. The molecule has 8 heteroatoms. The summed E-state index contributed by atoms with van der Waals surface area (Å²) in [6.45, 7) is 1.19. The van der Waals surface area contributed by atoms with E-state index in [1.807, 2.05) is 0 Å². The number of aromatic nitrogens is 2. The highest BCUT2D eigenvalue weighted by atomic mass is 35.5. The van der Waals surface area contributed by atoms with Gasteiger partial charge in [-0.05, 0) is 12.1 Å². The Bertz CT molecular complexity index is 552. The Hall–Kier alpha value is -1.34. The predicted octanol–water partition coefficient (Wildman–Crippen LogP) is 1.95. The number of hydrogen-bond acceptors (Lipinski definition) is 6. The van der Waals surface area contributed by atoms with Crippen molar-refractivity contribution in [1.82, 2.24) is 15.5 Å². The number of ether oxygens (including phenoxy) is 1. The van der Waals surface area contributed by atoms with Crippen LogP contribution in [0.5, 0.6) is 5.75 Å². The van der Waals surface area contributed by atoms with Gasteiger partial charge in [-0.15, -0.1) is 0 Å². The van der Waals surface area contributed by atoms with Crippen molar-refractivity contribution in [2.24, 2.45) is 0 Å². The molecule has 0 aliphatic heterocycles. The van der Waals surface area contributed by atoms with E-state index in [1.54, 1.807) is 18.2 Å². The fraction of sp³-hybridized carbons (Fsp3) is 0.385. The fourth-order valence-corrected chi connectivity index (χ4v) is 1.88. The molecular formula is C13H15Cl2N3O3. The lowest BCUT2D eigenvalue weighted by Crippen LogP contribution is -2.32. The number of hydrogen-bond donors (Lipinski definition) is 2. The van der Waals surface area contributed by atoms with E-state index in [2.05, 4.69) is 15.5 Å². The molecular weight excluding hydrogens is 317 g/mol. The van der Waals surface area contributed by atoms with E-state index in [0.717, 1.165) is 0 Å². The first-order chi connectivity index (χ1) is 10.1. The molecule has 1 heterocycles. The Balaban J connectivity index is 1.62. The Morgan fingerprint density at radius 1 is 1.33 bits per heavy atom. The van der Waals surface area contributed by atoms with Crippen LogP contribution in [-0.4, -0.2) is 41.0 Å². The van der Waals surface area contributed by atoms with Crippen LogP contribution in [0, 0.1) is 0 Å². The molecule has 21 heavy (non-hydrogen) atoms. The monoisotopic (exact) mass is 331 g/mol. The standard InChI is InChI=1S/C13H15Cl2N3O3/c14-11-2-1-10(5-12(11)15)20-7-9(19)6-16-4-3-13-17-8-18-21-13/h1-2,5,8-9,16,19H,3-4,6-7H2. The van der Waals surface area contributed by atoms with Crippen LogP contribution in [0.2, 0.25) is 10.0 Å². The lowest BCUT2D eigenvalue weighted by atomic mass is 10.3. The van der Waals surface area contributed by atoms with Gasteiger partial charge in [0.1, 0.15) is 18.5 Å². The van der Waals surface area contributed by atoms with Gasteiger partial charge in [0.2, 0.25) is 5.89 Å². The number of benzene rings is 1. The summed E-state index contributed by atoms with van der Waals surface area (Å²) in [4.78, 5) is 3.90. The molecule has 0 amide bonds. The summed E-state index contributed by atoms with van der Waals surface area (Å²) >= 11 is 11.7. The van der Waals surface area contributed by atoms with E-state index in [0.29, 0.717) is 41.2 Å². The van der Waals surface area contributed by atoms with Gasteiger partial charge in [-0.25, -0.2) is 0 Å². The zero-order valence-corrected chi connectivity index (χ0v) is 12.6. The molecule has 0 fully saturated rings. The predicted molar refractivity (Wildman–Crippen MR) is 78.8 cm³/mol. The minimum atomic E-state index is -0.637. The molecule has 1 unspecified atom stereocenters. The topological polar surface area (TPSA) is 80.4 Å². The van der Waals surface area contributed by atoms with Crippen LogP contribution < -0.4 is 10.1 Å². The number of aliphatic hydroxyl groups excluding tert-OH is 1. The minimum Gasteiger partial charge on any atom is -0.491 e. The number of halogens is 2. The molecule has 2 rings (SSSR count). The number of rotatable bonds is 8. The SMILES string of the molecule is OC(CNCCc1ncno1)COc1ccc(Cl)c(Cl)c1. The average Bonchev–Trinajstić information content (AvgIpc) is 2.98. The molecule has 0 aliphatic carbocycles. The Kier molecular flexibility index (Phi) is 6.25. The molecule has 2 aromatic rings. The van der Waals surface area contributed by atoms with Crippen LogP contribution in [0.15, 0.2) is 29.0 Å². The van der Waals surface area contributed by atoms with Gasteiger partial charge < -0.3 is 19.7 Å². The normalized spacial score (nSPS) is 12.3. The third kappa shape index (κ3) is 5.51. The van der Waals surface area contributed by atoms with Crippen LogP contribution in [0.3, 0.4) is 0 Å². The van der Waals surface area contributed by atoms with Crippen LogP contribution >= 0.6 is 23.2 Å². The maximum atomic E-state index is 9.79. The second-order valence-corrected chi connectivity index (χ2v) is 5.14. The molecule has 0 aliphatic rings. The third-order valence-corrected chi connectivity index (χ3v) is 3.38. The molecule has 0 saturated heterocycles. The van der Waals surface area contributed by atoms with E-state index in [4.69, 9.17) is 32.5 Å². The summed E-state index contributed by atoms with van der Waals surface area (Å²) in [6.07, 6.45) is 1.33. The van der Waals surface area contributed by atoms with Crippen LogP contribution in [0.4, 0.5) is 0 Å². The fourth-order valence-electron chi connectivity index (χ4n) is 1.59. The van der Waals surface area contributed by atoms with Crippen LogP contribution in [0.1, 0.15) is 5.89 Å². The number of nitrogens with zero attached hydrogens (tertiary/aromatic N) is 2. The Labute approximate surface area is 132 Å². The lowest BCUT2D eigenvalue weighted by molar-refractivity contribution is 0.106. The van der Waals surface area contributed by atoms with E-state index >= 15 is 0 Å². The summed E-state index contributed by atoms with van der Waals surface area (Å²) in [5, 5.41) is 17.3. The zero-order chi connectivity index (χ0) is 15.1. The summed E-state index contributed by atoms with van der Waals surface area (Å²) in [7, 11) is 0. The maximum absolute atomic E-state index is 9.79. The maximum Gasteiger partial charge on any atom is 0.227 e. The van der Waals surface area contributed by atoms with Crippen molar-refractivity contribution < 1.29 is 14.4 Å². The van der Waals surface area contributed by atoms with Gasteiger partial charge in [-0.3, -0.25) is 0 Å². The van der Waals surface area contributed by atoms with Crippen molar-refractivity contribution in [1.29, 1.82) is 0 Å². The minimum absolute atomic E-state index is 0.158. The average molecular weight is 332 g/mol. The first kappa shape index (κ1) is 16.0. The molecule has 0 spiro atoms. The van der Waals surface area contributed by atoms with Gasteiger partial charge >= 0.3 is 0 Å². The number of nitrogens with one attached hydrogen (secondary N) is 1. The molecule has 6 nitrogen and oxygen atoms in total. The molecule has 1 aromatic heterocycles. The van der Waals surface area contributed by atoms with E-state index in [-0.39, 0.29) is 6.61 Å². The van der Waals surface area contributed by atoms with Gasteiger partial charge in [-0.1, -0.05) is 28.4 Å². The molecule has 0 radical (unpaired) electrons. The quantitative estimate of drug-likeness (QED) is 0.719. The van der Waals surface area contributed by atoms with Crippen molar-refractivity contribution in [2.75, 3.05) is 19.7 Å². The molecule has 1 aromatic carbocycles. The van der Waals surface area contributed by atoms with E-state index < -0.39 is 6.10 Å². The highest BCUT2D eigenvalue weighted by Crippen LogP contribution is 2.26. The van der Waals surface area contributed by atoms with Gasteiger partial charge in [0.25, 0.3) is 0 Å². The van der Waals surface area contributed by atoms with Crippen molar-refractivity contribution >= 4 is 23.2 Å². The Morgan fingerprint density at radius 2 is 2.19 bits per heavy atom. The molecule has 2 N–H and O–H groups in total. The summed E-state index contributed by atoms with van der Waals surface area (Å²) in [5.74, 6) is 1.12. The second-order valence-electron chi connectivity index (χ2n) is 4.33. The summed E-state index contributed by atoms with van der Waals surface area (Å²) in [5.41, 5.74) is 0. The number of aliphatic hydroxyl groups is 1. The third-order valence-electron chi connectivity index (χ3n) is 2.64. The van der Waals surface area contributed by atoms with Crippen molar-refractivity contribution in [3.8, 4) is 5.75 Å². The van der Waals surface area contributed by atoms with Crippen molar-refractivity contribution in [3.05, 3.63) is 40.5 Å². The Morgan fingerprint density at radius 3 is 2.90 bits per heavy atom. The van der Waals surface area contributed by atoms with Gasteiger partial charge in [0.15, 0.2) is 6.33 Å². The molecule has 1 atom stereocenters. The summed E-state index contributed by atoms with van der Waals surface area (Å²) in [6, 6.07) is 4.96. The highest BCUT2D eigenvalue weighted by molar-refractivity contribution is 6.42. The molecule has 114 valence electrons. The summed E-state index contributed by atoms with van der Waals surface area (Å²) < 4.78 is 10.3. The second kappa shape index (κ2) is 8.19. The first-order valence-corrected chi connectivity index (χ1v) is 7.13. The van der Waals surface area contributed by atoms with E-state index in [9.17, 15) is 5.11 Å². The smallest absolute Gasteiger partial charge is 0.227 e. The van der Waals surface area contributed by atoms with Crippen molar-refractivity contribution in [3.63, 3.8) is 0 Å². The van der Waals surface area contributed by atoms with Crippen LogP contribution in [-0.2, 0) is 6.42 Å². The lowest BCUT2D eigenvalue weighted by Gasteiger charge is -2.13. The largest absolute Gasteiger partial charge is 0.491 e. The molecule has 0 saturated carbocycles. The first-order valence-electron chi connectivity index (χ1n) is 6.37. The van der Waals surface area contributed by atoms with Gasteiger partial charge in [0.05, 0.1) is 10.0 Å². The zero-order valence-electron chi connectivity index (χ0n) is 11.1. The van der Waals surface area contributed by atoms with Crippen molar-refractivity contribution in [2.45, 2.75) is 12.5 Å². The van der Waals surface area contributed by atoms with E-state index in [1.165, 1.54) is 6.33 Å². The highest BCUT2D eigenvalue weighted by Gasteiger charge is 2.07. The van der Waals surface area contributed by atoms with Crippen LogP contribution in [0.25, 0.3) is 0 Å². The van der Waals surface area contributed by atoms with Gasteiger partial charge in [-0.2, -0.15) is 4.98 Å².